The van der Waals surface area contributed by atoms with Crippen molar-refractivity contribution >= 4 is 5.95 Å². The summed E-state index contributed by atoms with van der Waals surface area (Å²) in [6.07, 6.45) is 5.98. The minimum atomic E-state index is 0.630. The Kier molecular flexibility index (Phi) is 3.75. The smallest absolute Gasteiger partial charge is 0.203 e. The van der Waals surface area contributed by atoms with Crippen LogP contribution in [0, 0.1) is 18.8 Å². The van der Waals surface area contributed by atoms with Crippen LogP contribution < -0.4 is 5.32 Å². The number of nitrogens with one attached hydrogen (secondary N) is 1. The summed E-state index contributed by atoms with van der Waals surface area (Å²) >= 11 is 0. The third-order valence-corrected chi connectivity index (χ3v) is 4.17. The fraction of sp³-hybridized carbons (Fsp3) is 0.786. The van der Waals surface area contributed by atoms with Crippen molar-refractivity contribution in [2.75, 3.05) is 11.9 Å². The summed E-state index contributed by atoms with van der Waals surface area (Å²) in [4.78, 5) is 4.60. The molecule has 1 heterocycles. The number of rotatable bonds is 4. The summed E-state index contributed by atoms with van der Waals surface area (Å²) in [5, 5.41) is 3.45. The quantitative estimate of drug-likeness (QED) is 0.863. The van der Waals surface area contributed by atoms with Gasteiger partial charge in [-0.25, -0.2) is 4.98 Å². The molecule has 1 fully saturated rings. The standard InChI is InChI=1S/C14H25N3/c1-5-8-15-14-16-11(3)9-17(14)13-7-6-10(2)12(13)4/h9-10,12-13H,5-8H2,1-4H3,(H,15,16). The van der Waals surface area contributed by atoms with Gasteiger partial charge < -0.3 is 9.88 Å². The molecule has 2 rings (SSSR count). The molecule has 0 bridgehead atoms. The van der Waals surface area contributed by atoms with Gasteiger partial charge in [0.15, 0.2) is 0 Å². The first-order valence-corrected chi connectivity index (χ1v) is 6.92. The Hall–Kier alpha value is -0.990. The third-order valence-electron chi connectivity index (χ3n) is 4.17. The molecule has 1 aromatic heterocycles. The molecule has 0 amide bonds. The van der Waals surface area contributed by atoms with Crippen LogP contribution in [0.15, 0.2) is 6.20 Å². The lowest BCUT2D eigenvalue weighted by Crippen LogP contribution is -2.17. The highest BCUT2D eigenvalue weighted by atomic mass is 15.2. The van der Waals surface area contributed by atoms with Crippen LogP contribution in [0.3, 0.4) is 0 Å². The van der Waals surface area contributed by atoms with E-state index >= 15 is 0 Å². The van der Waals surface area contributed by atoms with Crippen LogP contribution in [-0.2, 0) is 0 Å². The molecule has 0 aromatic carbocycles. The number of aromatic nitrogens is 2. The Morgan fingerprint density at radius 1 is 1.41 bits per heavy atom. The largest absolute Gasteiger partial charge is 0.356 e. The number of hydrogen-bond acceptors (Lipinski definition) is 2. The van der Waals surface area contributed by atoms with Crippen LogP contribution in [0.1, 0.15) is 51.8 Å². The SMILES string of the molecule is CCCNc1nc(C)cn1C1CCC(C)C1C. The minimum Gasteiger partial charge on any atom is -0.356 e. The van der Waals surface area contributed by atoms with Crippen molar-refractivity contribution in [3.05, 3.63) is 11.9 Å². The molecule has 3 nitrogen and oxygen atoms in total. The Morgan fingerprint density at radius 2 is 2.18 bits per heavy atom. The normalized spacial score (nSPS) is 28.6. The molecule has 1 saturated carbocycles. The van der Waals surface area contributed by atoms with Gasteiger partial charge in [-0.1, -0.05) is 20.8 Å². The predicted octanol–water partition coefficient (Wildman–Crippen LogP) is 3.62. The topological polar surface area (TPSA) is 29.9 Å². The number of hydrogen-bond donors (Lipinski definition) is 1. The van der Waals surface area contributed by atoms with Crippen molar-refractivity contribution in [3.63, 3.8) is 0 Å². The summed E-state index contributed by atoms with van der Waals surface area (Å²) in [5.74, 6) is 2.66. The summed E-state index contributed by atoms with van der Waals surface area (Å²) in [7, 11) is 0. The Bertz CT molecular complexity index is 370. The first-order valence-electron chi connectivity index (χ1n) is 6.92. The molecule has 3 unspecified atom stereocenters. The van der Waals surface area contributed by atoms with Crippen LogP contribution >= 0.6 is 0 Å². The lowest BCUT2D eigenvalue weighted by atomic mass is 9.98. The maximum atomic E-state index is 4.60. The van der Waals surface area contributed by atoms with E-state index in [-0.39, 0.29) is 0 Å². The van der Waals surface area contributed by atoms with Crippen LogP contribution in [-0.4, -0.2) is 16.1 Å². The Balaban J connectivity index is 2.19. The van der Waals surface area contributed by atoms with Crippen LogP contribution in [0.5, 0.6) is 0 Å². The first kappa shape index (κ1) is 12.5. The van der Waals surface area contributed by atoms with Gasteiger partial charge in [0.05, 0.1) is 5.69 Å². The van der Waals surface area contributed by atoms with Gasteiger partial charge in [-0.05, 0) is 38.0 Å². The van der Waals surface area contributed by atoms with E-state index in [0.717, 1.165) is 36.4 Å². The molecule has 0 saturated heterocycles. The van der Waals surface area contributed by atoms with Crippen molar-refractivity contribution in [2.24, 2.45) is 11.8 Å². The highest BCUT2D eigenvalue weighted by molar-refractivity contribution is 5.30. The molecule has 1 aliphatic rings. The van der Waals surface area contributed by atoms with E-state index in [1.165, 1.54) is 12.8 Å². The van der Waals surface area contributed by atoms with Gasteiger partial charge in [0.1, 0.15) is 0 Å². The van der Waals surface area contributed by atoms with Gasteiger partial charge in [-0.15, -0.1) is 0 Å². The van der Waals surface area contributed by atoms with Gasteiger partial charge in [-0.3, -0.25) is 0 Å². The molecule has 1 N–H and O–H groups in total. The van der Waals surface area contributed by atoms with E-state index in [9.17, 15) is 0 Å². The minimum absolute atomic E-state index is 0.630. The van der Waals surface area contributed by atoms with Gasteiger partial charge in [0, 0.05) is 18.8 Å². The van der Waals surface area contributed by atoms with Crippen molar-refractivity contribution in [1.29, 1.82) is 0 Å². The Labute approximate surface area is 105 Å². The molecule has 1 aliphatic carbocycles. The Morgan fingerprint density at radius 3 is 2.76 bits per heavy atom. The monoisotopic (exact) mass is 235 g/mol. The van der Waals surface area contributed by atoms with Crippen molar-refractivity contribution in [2.45, 2.75) is 53.0 Å². The van der Waals surface area contributed by atoms with E-state index in [4.69, 9.17) is 0 Å². The van der Waals surface area contributed by atoms with Gasteiger partial charge in [0.2, 0.25) is 5.95 Å². The predicted molar refractivity (Wildman–Crippen MR) is 72.3 cm³/mol. The second-order valence-electron chi connectivity index (χ2n) is 5.52. The maximum absolute atomic E-state index is 4.60. The fourth-order valence-corrected chi connectivity index (χ4v) is 2.87. The number of anilines is 1. The van der Waals surface area contributed by atoms with Crippen molar-refractivity contribution in [3.8, 4) is 0 Å². The van der Waals surface area contributed by atoms with E-state index in [0.29, 0.717) is 6.04 Å². The average Bonchev–Trinajstić information content (AvgIpc) is 2.81. The molecule has 17 heavy (non-hydrogen) atoms. The van der Waals surface area contributed by atoms with E-state index in [2.05, 4.69) is 48.8 Å². The zero-order valence-electron chi connectivity index (χ0n) is 11.5. The summed E-state index contributed by atoms with van der Waals surface area (Å²) in [6, 6.07) is 0.630. The lowest BCUT2D eigenvalue weighted by Gasteiger charge is -2.22. The van der Waals surface area contributed by atoms with E-state index in [1.54, 1.807) is 0 Å². The number of imidazole rings is 1. The van der Waals surface area contributed by atoms with Crippen LogP contribution in [0.4, 0.5) is 5.95 Å². The lowest BCUT2D eigenvalue weighted by molar-refractivity contribution is 0.355. The third kappa shape index (κ3) is 2.48. The zero-order chi connectivity index (χ0) is 12.4. The average molecular weight is 235 g/mol. The number of nitrogens with zero attached hydrogens (tertiary/aromatic N) is 2. The van der Waals surface area contributed by atoms with E-state index in [1.807, 2.05) is 0 Å². The molecular weight excluding hydrogens is 210 g/mol. The number of aryl methyl sites for hydroxylation is 1. The van der Waals surface area contributed by atoms with Crippen molar-refractivity contribution < 1.29 is 0 Å². The molecule has 96 valence electrons. The zero-order valence-corrected chi connectivity index (χ0v) is 11.5. The van der Waals surface area contributed by atoms with Crippen LogP contribution in [0.25, 0.3) is 0 Å². The maximum Gasteiger partial charge on any atom is 0.203 e. The van der Waals surface area contributed by atoms with Gasteiger partial charge >= 0.3 is 0 Å². The summed E-state index contributed by atoms with van der Waals surface area (Å²) < 4.78 is 2.37. The molecular formula is C14H25N3. The second kappa shape index (κ2) is 5.11. The molecule has 3 atom stereocenters. The molecule has 0 radical (unpaired) electrons. The van der Waals surface area contributed by atoms with Gasteiger partial charge in [-0.2, -0.15) is 0 Å². The highest BCUT2D eigenvalue weighted by Gasteiger charge is 2.32. The fourth-order valence-electron chi connectivity index (χ4n) is 2.87. The summed E-state index contributed by atoms with van der Waals surface area (Å²) in [6.45, 7) is 10.0. The van der Waals surface area contributed by atoms with E-state index < -0.39 is 0 Å². The van der Waals surface area contributed by atoms with Crippen molar-refractivity contribution in [1.82, 2.24) is 9.55 Å². The summed E-state index contributed by atoms with van der Waals surface area (Å²) in [5.41, 5.74) is 1.12. The first-order chi connectivity index (χ1) is 8.13. The molecule has 1 aromatic rings. The van der Waals surface area contributed by atoms with Crippen LogP contribution in [0.2, 0.25) is 0 Å². The van der Waals surface area contributed by atoms with Gasteiger partial charge in [0.25, 0.3) is 0 Å². The highest BCUT2D eigenvalue weighted by Crippen LogP contribution is 2.41. The molecule has 0 spiro atoms. The molecule has 0 aliphatic heterocycles. The second-order valence-corrected chi connectivity index (χ2v) is 5.52. The molecule has 3 heteroatoms.